The van der Waals surface area contributed by atoms with Crippen molar-refractivity contribution in [1.29, 1.82) is 5.26 Å². The number of halogens is 3. The third kappa shape index (κ3) is 7.56. The van der Waals surface area contributed by atoms with Crippen LogP contribution in [0.25, 0.3) is 11.1 Å². The van der Waals surface area contributed by atoms with Gasteiger partial charge in [0.15, 0.2) is 0 Å². The van der Waals surface area contributed by atoms with E-state index in [0.717, 1.165) is 53.6 Å². The first-order valence-electron chi connectivity index (χ1n) is 13.3. The fourth-order valence-electron chi connectivity index (χ4n) is 5.24. The van der Waals surface area contributed by atoms with Crippen LogP contribution in [0.5, 0.6) is 0 Å². The minimum atomic E-state index is -0.621. The van der Waals surface area contributed by atoms with Crippen LogP contribution in [0.3, 0.4) is 0 Å². The molecule has 4 aromatic rings. The number of carbonyl (C=O) groups is 1. The Morgan fingerprint density at radius 2 is 1.63 bits per heavy atom. The number of carbonyl (C=O) groups excluding carboxylic acids is 1. The van der Waals surface area contributed by atoms with Crippen LogP contribution in [0.15, 0.2) is 95.5 Å². The summed E-state index contributed by atoms with van der Waals surface area (Å²) in [5.41, 5.74) is 4.80. The Labute approximate surface area is 258 Å². The van der Waals surface area contributed by atoms with Gasteiger partial charge in [0, 0.05) is 39.8 Å². The van der Waals surface area contributed by atoms with E-state index in [2.05, 4.69) is 74.7 Å². The molecule has 0 bridgehead atoms. The smallest absolute Gasteiger partial charge is 0.250 e. The molecular formula is C33H28BrCl2N3O2. The number of hydrogen-bond donors (Lipinski definition) is 1. The lowest BCUT2D eigenvalue weighted by molar-refractivity contribution is -0.135. The summed E-state index contributed by atoms with van der Waals surface area (Å²) in [5.74, 6) is -0.274. The van der Waals surface area contributed by atoms with Crippen molar-refractivity contribution in [3.63, 3.8) is 0 Å². The number of nitriles is 1. The van der Waals surface area contributed by atoms with Crippen LogP contribution >= 0.6 is 39.1 Å². The second kappa shape index (κ2) is 13.2. The fraction of sp³-hybridized carbons (Fsp3) is 0.212. The van der Waals surface area contributed by atoms with Gasteiger partial charge in [-0.25, -0.2) is 0 Å². The van der Waals surface area contributed by atoms with Crippen LogP contribution in [0.2, 0.25) is 10.0 Å². The van der Waals surface area contributed by atoms with Gasteiger partial charge in [-0.1, -0.05) is 87.7 Å². The molecule has 0 aliphatic carbocycles. The number of ether oxygens (including phenoxy) is 1. The first kappa shape index (κ1) is 29.3. The molecule has 0 spiro atoms. The van der Waals surface area contributed by atoms with E-state index < -0.39 is 5.60 Å². The number of benzene rings is 4. The standard InChI is InChI=1S/C33H28BrCl2N3O2/c34-28-6-2-4-24(16-28)21-39-13-11-33(12-14-39,41-22-32(40)38-31-18-29(35)17-30(36)19-31)27-9-7-25(8-10-27)26-5-1-3-23(15-26)20-37/h1-10,15-19H,11-14,21-22H2,(H,38,40). The maximum Gasteiger partial charge on any atom is 0.250 e. The molecule has 0 radical (unpaired) electrons. The van der Waals surface area contributed by atoms with Gasteiger partial charge in [-0.3, -0.25) is 9.69 Å². The van der Waals surface area contributed by atoms with Crippen LogP contribution in [0.1, 0.15) is 29.5 Å². The van der Waals surface area contributed by atoms with E-state index in [9.17, 15) is 10.1 Å². The molecule has 8 heteroatoms. The van der Waals surface area contributed by atoms with E-state index >= 15 is 0 Å². The summed E-state index contributed by atoms with van der Waals surface area (Å²) in [6.45, 7) is 2.38. The second-order valence-electron chi connectivity index (χ2n) is 10.2. The van der Waals surface area contributed by atoms with Crippen LogP contribution in [-0.2, 0) is 21.7 Å². The minimum Gasteiger partial charge on any atom is -0.360 e. The Balaban J connectivity index is 1.34. The zero-order valence-electron chi connectivity index (χ0n) is 22.2. The normalized spacial score (nSPS) is 14.8. The van der Waals surface area contributed by atoms with Gasteiger partial charge in [-0.15, -0.1) is 0 Å². The Morgan fingerprint density at radius 1 is 0.927 bits per heavy atom. The number of hydrogen-bond acceptors (Lipinski definition) is 4. The van der Waals surface area contributed by atoms with Gasteiger partial charge < -0.3 is 10.1 Å². The minimum absolute atomic E-state index is 0.109. The van der Waals surface area contributed by atoms with Gasteiger partial charge >= 0.3 is 0 Å². The summed E-state index contributed by atoms with van der Waals surface area (Å²) in [4.78, 5) is 15.3. The molecule has 1 fully saturated rings. The summed E-state index contributed by atoms with van der Waals surface area (Å²) >= 11 is 15.8. The summed E-state index contributed by atoms with van der Waals surface area (Å²) in [6.07, 6.45) is 1.47. The van der Waals surface area contributed by atoms with E-state index in [0.29, 0.717) is 21.3 Å². The van der Waals surface area contributed by atoms with E-state index in [1.807, 2.05) is 24.3 Å². The van der Waals surface area contributed by atoms with Crippen LogP contribution < -0.4 is 5.32 Å². The monoisotopic (exact) mass is 647 g/mol. The third-order valence-corrected chi connectivity index (χ3v) is 8.25. The largest absolute Gasteiger partial charge is 0.360 e. The van der Waals surface area contributed by atoms with Crippen molar-refractivity contribution in [3.05, 3.63) is 122 Å². The Bertz CT molecular complexity index is 1560. The quantitative estimate of drug-likeness (QED) is 0.208. The predicted octanol–water partition coefficient (Wildman–Crippen LogP) is 8.44. The lowest BCUT2D eigenvalue weighted by Gasteiger charge is -2.42. The SMILES string of the molecule is N#Cc1cccc(-c2ccc(C3(OCC(=O)Nc4cc(Cl)cc(Cl)c4)CCN(Cc4cccc(Br)c4)CC3)cc2)c1. The number of amides is 1. The molecule has 1 saturated heterocycles. The van der Waals surface area contributed by atoms with Gasteiger partial charge in [-0.05, 0) is 77.6 Å². The van der Waals surface area contributed by atoms with Gasteiger partial charge in [0.25, 0.3) is 0 Å². The highest BCUT2D eigenvalue weighted by Crippen LogP contribution is 2.38. The van der Waals surface area contributed by atoms with Crippen LogP contribution in [0.4, 0.5) is 5.69 Å². The third-order valence-electron chi connectivity index (χ3n) is 7.32. The lowest BCUT2D eigenvalue weighted by atomic mass is 9.83. The van der Waals surface area contributed by atoms with E-state index in [-0.39, 0.29) is 12.5 Å². The molecule has 41 heavy (non-hydrogen) atoms. The fourth-order valence-corrected chi connectivity index (χ4v) is 6.22. The average molecular weight is 649 g/mol. The molecular weight excluding hydrogens is 621 g/mol. The lowest BCUT2D eigenvalue weighted by Crippen LogP contribution is -2.45. The molecule has 1 aliphatic rings. The number of likely N-dealkylation sites (tertiary alicyclic amines) is 1. The van der Waals surface area contributed by atoms with Crippen molar-refractivity contribution in [1.82, 2.24) is 4.90 Å². The molecule has 5 rings (SSSR count). The van der Waals surface area contributed by atoms with E-state index in [1.54, 1.807) is 24.3 Å². The summed E-state index contributed by atoms with van der Waals surface area (Å²) in [6, 6.07) is 31.3. The zero-order chi connectivity index (χ0) is 28.8. The van der Waals surface area contributed by atoms with Gasteiger partial charge in [0.1, 0.15) is 6.61 Å². The molecule has 4 aromatic carbocycles. The molecule has 5 nitrogen and oxygen atoms in total. The van der Waals surface area contributed by atoms with Gasteiger partial charge in [-0.2, -0.15) is 5.26 Å². The van der Waals surface area contributed by atoms with Gasteiger partial charge in [0.05, 0.1) is 17.2 Å². The van der Waals surface area contributed by atoms with Crippen molar-refractivity contribution in [2.24, 2.45) is 0 Å². The second-order valence-corrected chi connectivity index (χ2v) is 12.0. The number of piperidine rings is 1. The Hall–Kier alpha value is -3.18. The van der Waals surface area contributed by atoms with Crippen molar-refractivity contribution in [2.75, 3.05) is 25.0 Å². The topological polar surface area (TPSA) is 65.4 Å². The van der Waals surface area contributed by atoms with Crippen LogP contribution in [-0.4, -0.2) is 30.5 Å². The number of nitrogens with one attached hydrogen (secondary N) is 1. The number of anilines is 1. The molecule has 1 amide bonds. The molecule has 0 aromatic heterocycles. The summed E-state index contributed by atoms with van der Waals surface area (Å²) in [7, 11) is 0. The van der Waals surface area contributed by atoms with Crippen molar-refractivity contribution in [3.8, 4) is 17.2 Å². The first-order chi connectivity index (χ1) is 19.8. The number of nitrogens with zero attached hydrogens (tertiary/aromatic N) is 2. The predicted molar refractivity (Wildman–Crippen MR) is 168 cm³/mol. The first-order valence-corrected chi connectivity index (χ1v) is 14.8. The summed E-state index contributed by atoms with van der Waals surface area (Å²) < 4.78 is 7.56. The number of rotatable bonds is 8. The van der Waals surface area contributed by atoms with Crippen molar-refractivity contribution in [2.45, 2.75) is 25.0 Å². The Kier molecular flexibility index (Phi) is 9.44. The average Bonchev–Trinajstić information content (AvgIpc) is 2.97. The highest BCUT2D eigenvalue weighted by molar-refractivity contribution is 9.10. The van der Waals surface area contributed by atoms with E-state index in [1.165, 1.54) is 5.56 Å². The van der Waals surface area contributed by atoms with E-state index in [4.69, 9.17) is 27.9 Å². The molecule has 0 atom stereocenters. The van der Waals surface area contributed by atoms with Crippen molar-refractivity contribution >= 4 is 50.7 Å². The maximum atomic E-state index is 12.9. The van der Waals surface area contributed by atoms with Crippen molar-refractivity contribution < 1.29 is 9.53 Å². The zero-order valence-corrected chi connectivity index (χ0v) is 25.3. The molecule has 208 valence electrons. The Morgan fingerprint density at radius 3 is 2.32 bits per heavy atom. The molecule has 0 saturated carbocycles. The molecule has 1 heterocycles. The highest BCUT2D eigenvalue weighted by atomic mass is 79.9. The maximum absolute atomic E-state index is 12.9. The highest BCUT2D eigenvalue weighted by Gasteiger charge is 2.38. The molecule has 1 aliphatic heterocycles. The molecule has 0 unspecified atom stereocenters. The molecule has 1 N–H and O–H groups in total. The van der Waals surface area contributed by atoms with Crippen LogP contribution in [0, 0.1) is 11.3 Å². The van der Waals surface area contributed by atoms with Gasteiger partial charge in [0.2, 0.25) is 5.91 Å². The summed E-state index contributed by atoms with van der Waals surface area (Å²) in [5, 5.41) is 13.0.